The number of nitrogens with one attached hydrogen (secondary N) is 1. The van der Waals surface area contributed by atoms with Crippen molar-refractivity contribution in [3.63, 3.8) is 0 Å². The molecule has 110 valence electrons. The van der Waals surface area contributed by atoms with Crippen LogP contribution in [0.1, 0.15) is 42.2 Å². The van der Waals surface area contributed by atoms with Gasteiger partial charge in [0.15, 0.2) is 0 Å². The summed E-state index contributed by atoms with van der Waals surface area (Å²) in [4.78, 5) is 0. The first-order chi connectivity index (χ1) is 10.2. The van der Waals surface area contributed by atoms with Crippen molar-refractivity contribution < 1.29 is 9.13 Å². The molecule has 2 atom stereocenters. The molecule has 0 radical (unpaired) electrons. The molecule has 1 N–H and O–H groups in total. The fourth-order valence-corrected chi connectivity index (χ4v) is 3.01. The van der Waals surface area contributed by atoms with Gasteiger partial charge in [0.05, 0.1) is 0 Å². The van der Waals surface area contributed by atoms with Crippen LogP contribution < -0.4 is 10.1 Å². The molecule has 0 fully saturated rings. The van der Waals surface area contributed by atoms with Gasteiger partial charge in [-0.25, -0.2) is 4.39 Å². The summed E-state index contributed by atoms with van der Waals surface area (Å²) < 4.78 is 19.7. The molecule has 3 rings (SSSR count). The van der Waals surface area contributed by atoms with Crippen LogP contribution in [0.15, 0.2) is 42.5 Å². The highest BCUT2D eigenvalue weighted by molar-refractivity contribution is 5.40. The third kappa shape index (κ3) is 2.79. The number of fused-ring (bicyclic) bond motifs is 1. The zero-order valence-corrected chi connectivity index (χ0v) is 12.4. The fraction of sp³-hybridized carbons (Fsp3) is 0.333. The van der Waals surface area contributed by atoms with E-state index < -0.39 is 0 Å². The summed E-state index contributed by atoms with van der Waals surface area (Å²) in [7, 11) is 0. The van der Waals surface area contributed by atoms with Crippen molar-refractivity contribution in [2.45, 2.75) is 32.4 Å². The van der Waals surface area contributed by atoms with Gasteiger partial charge in [-0.3, -0.25) is 0 Å². The van der Waals surface area contributed by atoms with E-state index >= 15 is 0 Å². The predicted molar refractivity (Wildman–Crippen MR) is 82.0 cm³/mol. The molecule has 0 amide bonds. The van der Waals surface area contributed by atoms with Gasteiger partial charge in [-0.05, 0) is 42.8 Å². The van der Waals surface area contributed by atoms with Crippen LogP contribution in [0.3, 0.4) is 0 Å². The molecule has 2 unspecified atom stereocenters. The maximum atomic E-state index is 13.6. The van der Waals surface area contributed by atoms with Gasteiger partial charge in [-0.15, -0.1) is 0 Å². The van der Waals surface area contributed by atoms with E-state index in [2.05, 4.69) is 18.3 Å². The molecule has 0 saturated heterocycles. The second kappa shape index (κ2) is 5.86. The zero-order chi connectivity index (χ0) is 14.8. The Labute approximate surface area is 125 Å². The molecule has 1 aliphatic rings. The lowest BCUT2D eigenvalue weighted by Crippen LogP contribution is -2.29. The SMILES string of the molecule is CCNC1CC(c2cc(F)ccc2C)Oc2ccccc21. The van der Waals surface area contributed by atoms with Crippen molar-refractivity contribution in [2.24, 2.45) is 0 Å². The Morgan fingerprint density at radius 2 is 2.00 bits per heavy atom. The molecular weight excluding hydrogens is 265 g/mol. The quantitative estimate of drug-likeness (QED) is 0.907. The molecule has 2 aromatic rings. The molecule has 21 heavy (non-hydrogen) atoms. The van der Waals surface area contributed by atoms with Gasteiger partial charge in [0.25, 0.3) is 0 Å². The molecule has 0 aromatic heterocycles. The summed E-state index contributed by atoms with van der Waals surface area (Å²) in [6, 6.07) is 13.2. The highest BCUT2D eigenvalue weighted by Crippen LogP contribution is 2.41. The number of hydrogen-bond donors (Lipinski definition) is 1. The minimum absolute atomic E-state index is 0.111. The van der Waals surface area contributed by atoms with Crippen molar-refractivity contribution in [2.75, 3.05) is 6.54 Å². The third-order valence-corrected chi connectivity index (χ3v) is 4.05. The lowest BCUT2D eigenvalue weighted by Gasteiger charge is -2.33. The van der Waals surface area contributed by atoms with E-state index in [1.807, 2.05) is 31.2 Å². The Hall–Kier alpha value is -1.87. The first-order valence-corrected chi connectivity index (χ1v) is 7.44. The summed E-state index contributed by atoms with van der Waals surface area (Å²) in [5.41, 5.74) is 3.19. The monoisotopic (exact) mass is 285 g/mol. The summed E-state index contributed by atoms with van der Waals surface area (Å²) in [5.74, 6) is 0.682. The van der Waals surface area contributed by atoms with Crippen molar-refractivity contribution >= 4 is 0 Å². The number of benzene rings is 2. The minimum atomic E-state index is -0.210. The average Bonchev–Trinajstić information content (AvgIpc) is 2.50. The molecule has 2 aromatic carbocycles. The van der Waals surface area contributed by atoms with Gasteiger partial charge in [0.1, 0.15) is 17.7 Å². The van der Waals surface area contributed by atoms with Crippen molar-refractivity contribution in [3.05, 3.63) is 65.0 Å². The second-order valence-electron chi connectivity index (χ2n) is 5.49. The average molecular weight is 285 g/mol. The van der Waals surface area contributed by atoms with Crippen LogP contribution in [-0.2, 0) is 0 Å². The van der Waals surface area contributed by atoms with Crippen LogP contribution in [0.5, 0.6) is 5.75 Å². The van der Waals surface area contributed by atoms with Crippen LogP contribution in [0.2, 0.25) is 0 Å². The van der Waals surface area contributed by atoms with E-state index in [4.69, 9.17) is 4.74 Å². The molecule has 0 bridgehead atoms. The van der Waals surface area contributed by atoms with E-state index in [0.717, 1.165) is 29.8 Å². The summed E-state index contributed by atoms with van der Waals surface area (Å²) in [6.45, 7) is 5.00. The highest BCUT2D eigenvalue weighted by Gasteiger charge is 2.29. The van der Waals surface area contributed by atoms with Gasteiger partial charge in [0.2, 0.25) is 0 Å². The standard InChI is InChI=1S/C18H20FNO/c1-3-20-16-11-18(15-10-13(19)9-8-12(15)2)21-17-7-5-4-6-14(16)17/h4-10,16,18,20H,3,11H2,1-2H3. The molecule has 0 saturated carbocycles. The predicted octanol–water partition coefficient (Wildman–Crippen LogP) is 4.31. The Kier molecular flexibility index (Phi) is 3.93. The van der Waals surface area contributed by atoms with E-state index in [1.54, 1.807) is 6.07 Å². The summed E-state index contributed by atoms with van der Waals surface area (Å²) in [5, 5.41) is 3.50. The largest absolute Gasteiger partial charge is 0.485 e. The van der Waals surface area contributed by atoms with E-state index in [1.165, 1.54) is 11.6 Å². The Bertz CT molecular complexity index is 641. The Morgan fingerprint density at radius 1 is 1.19 bits per heavy atom. The summed E-state index contributed by atoms with van der Waals surface area (Å²) in [6.07, 6.45) is 0.703. The number of ether oxygens (including phenoxy) is 1. The second-order valence-corrected chi connectivity index (χ2v) is 5.49. The first-order valence-electron chi connectivity index (χ1n) is 7.44. The molecule has 1 aliphatic heterocycles. The number of aryl methyl sites for hydroxylation is 1. The van der Waals surface area contributed by atoms with Crippen LogP contribution in [0, 0.1) is 12.7 Å². The molecule has 1 heterocycles. The molecule has 3 heteroatoms. The normalized spacial score (nSPS) is 20.7. The van der Waals surface area contributed by atoms with E-state index in [0.29, 0.717) is 0 Å². The maximum absolute atomic E-state index is 13.6. The van der Waals surface area contributed by atoms with Gasteiger partial charge >= 0.3 is 0 Å². The molecular formula is C18H20FNO. The van der Waals surface area contributed by atoms with Crippen LogP contribution in [0.25, 0.3) is 0 Å². The summed E-state index contributed by atoms with van der Waals surface area (Å²) >= 11 is 0. The molecule has 0 spiro atoms. The fourth-order valence-electron chi connectivity index (χ4n) is 3.01. The van der Waals surface area contributed by atoms with Crippen molar-refractivity contribution in [3.8, 4) is 5.75 Å². The smallest absolute Gasteiger partial charge is 0.126 e. The van der Waals surface area contributed by atoms with E-state index in [-0.39, 0.29) is 18.0 Å². The van der Waals surface area contributed by atoms with Crippen LogP contribution >= 0.6 is 0 Å². The lowest BCUT2D eigenvalue weighted by molar-refractivity contribution is 0.151. The van der Waals surface area contributed by atoms with Gasteiger partial charge < -0.3 is 10.1 Å². The zero-order valence-electron chi connectivity index (χ0n) is 12.4. The third-order valence-electron chi connectivity index (χ3n) is 4.05. The number of halogens is 1. The van der Waals surface area contributed by atoms with Gasteiger partial charge in [-0.1, -0.05) is 31.2 Å². The Morgan fingerprint density at radius 3 is 2.81 bits per heavy atom. The molecule has 2 nitrogen and oxygen atoms in total. The first kappa shape index (κ1) is 14.1. The van der Waals surface area contributed by atoms with Gasteiger partial charge in [-0.2, -0.15) is 0 Å². The maximum Gasteiger partial charge on any atom is 0.126 e. The van der Waals surface area contributed by atoms with Crippen LogP contribution in [-0.4, -0.2) is 6.54 Å². The van der Waals surface area contributed by atoms with Crippen LogP contribution in [0.4, 0.5) is 4.39 Å². The topological polar surface area (TPSA) is 21.3 Å². The number of rotatable bonds is 3. The van der Waals surface area contributed by atoms with Crippen molar-refractivity contribution in [1.82, 2.24) is 5.32 Å². The Balaban J connectivity index is 1.97. The number of hydrogen-bond acceptors (Lipinski definition) is 2. The number of para-hydroxylation sites is 1. The minimum Gasteiger partial charge on any atom is -0.485 e. The van der Waals surface area contributed by atoms with Gasteiger partial charge in [0, 0.05) is 18.0 Å². The highest BCUT2D eigenvalue weighted by atomic mass is 19.1. The van der Waals surface area contributed by atoms with E-state index in [9.17, 15) is 4.39 Å². The lowest BCUT2D eigenvalue weighted by atomic mass is 9.91. The molecule has 0 aliphatic carbocycles. The van der Waals surface area contributed by atoms with Crippen molar-refractivity contribution in [1.29, 1.82) is 0 Å².